The molecule has 25 heavy (non-hydrogen) atoms. The molecule has 1 aromatic heterocycles. The minimum absolute atomic E-state index is 0.163. The van der Waals surface area contributed by atoms with Crippen molar-refractivity contribution in [2.45, 2.75) is 19.7 Å². The molecule has 0 aliphatic heterocycles. The van der Waals surface area contributed by atoms with Crippen molar-refractivity contribution < 1.29 is 13.7 Å². The van der Waals surface area contributed by atoms with Gasteiger partial charge in [-0.3, -0.25) is 4.90 Å². The van der Waals surface area contributed by atoms with Crippen molar-refractivity contribution in [1.29, 1.82) is 0 Å². The van der Waals surface area contributed by atoms with Crippen LogP contribution in [-0.2, 0) is 19.7 Å². The molecule has 3 aromatic rings. The van der Waals surface area contributed by atoms with Gasteiger partial charge in [0.1, 0.15) is 11.6 Å². The second-order valence-corrected chi connectivity index (χ2v) is 6.08. The van der Waals surface area contributed by atoms with Gasteiger partial charge in [0.2, 0.25) is 11.7 Å². The molecule has 0 unspecified atom stereocenters. The number of hydrogen-bond acceptors (Lipinski definition) is 5. The number of ether oxygens (including phenoxy) is 1. The molecule has 0 aliphatic rings. The lowest BCUT2D eigenvalue weighted by Gasteiger charge is -2.13. The molecular formula is C18H17ClFN3O2. The first-order chi connectivity index (χ1) is 12.1. The van der Waals surface area contributed by atoms with E-state index >= 15 is 0 Å². The number of halogens is 2. The van der Waals surface area contributed by atoms with Gasteiger partial charge in [-0.15, -0.1) is 0 Å². The van der Waals surface area contributed by atoms with E-state index in [-0.39, 0.29) is 12.4 Å². The summed E-state index contributed by atoms with van der Waals surface area (Å²) in [7, 11) is 1.97. The average molecular weight is 362 g/mol. The maximum Gasteiger partial charge on any atom is 0.240 e. The Morgan fingerprint density at radius 1 is 1.08 bits per heavy atom. The molecule has 130 valence electrons. The van der Waals surface area contributed by atoms with Gasteiger partial charge in [-0.25, -0.2) is 4.39 Å². The van der Waals surface area contributed by atoms with Gasteiger partial charge in [-0.05, 0) is 49.0 Å². The lowest BCUT2D eigenvalue weighted by molar-refractivity contribution is 0.256. The van der Waals surface area contributed by atoms with Crippen LogP contribution < -0.4 is 4.74 Å². The highest BCUT2D eigenvalue weighted by Gasteiger charge is 2.10. The summed E-state index contributed by atoms with van der Waals surface area (Å²) in [5.41, 5.74) is 1.14. The monoisotopic (exact) mass is 361 g/mol. The second-order valence-electron chi connectivity index (χ2n) is 5.65. The van der Waals surface area contributed by atoms with Crippen molar-refractivity contribution in [1.82, 2.24) is 15.0 Å². The van der Waals surface area contributed by atoms with Crippen LogP contribution in [0.5, 0.6) is 5.75 Å². The van der Waals surface area contributed by atoms with Crippen LogP contribution in [0, 0.1) is 5.82 Å². The molecular weight excluding hydrogens is 345 g/mol. The van der Waals surface area contributed by atoms with Crippen molar-refractivity contribution in [2.75, 3.05) is 7.05 Å². The molecule has 0 N–H and O–H groups in total. The smallest absolute Gasteiger partial charge is 0.240 e. The van der Waals surface area contributed by atoms with Crippen LogP contribution in [0.3, 0.4) is 0 Å². The van der Waals surface area contributed by atoms with E-state index in [1.165, 1.54) is 12.1 Å². The van der Waals surface area contributed by atoms with Gasteiger partial charge in [0.15, 0.2) is 6.61 Å². The number of aromatic nitrogens is 2. The topological polar surface area (TPSA) is 51.4 Å². The van der Waals surface area contributed by atoms with E-state index in [2.05, 4.69) is 15.0 Å². The predicted molar refractivity (Wildman–Crippen MR) is 91.7 cm³/mol. The van der Waals surface area contributed by atoms with Crippen molar-refractivity contribution in [2.24, 2.45) is 0 Å². The third kappa shape index (κ3) is 5.27. The molecule has 1 heterocycles. The predicted octanol–water partition coefficient (Wildman–Crippen LogP) is 4.07. The fourth-order valence-electron chi connectivity index (χ4n) is 2.28. The van der Waals surface area contributed by atoms with Crippen LogP contribution in [0.25, 0.3) is 0 Å². The number of rotatable bonds is 7. The molecule has 7 heteroatoms. The maximum absolute atomic E-state index is 12.8. The summed E-state index contributed by atoms with van der Waals surface area (Å²) < 4.78 is 23.6. The van der Waals surface area contributed by atoms with E-state index in [0.29, 0.717) is 29.0 Å². The van der Waals surface area contributed by atoms with Crippen molar-refractivity contribution in [3.63, 3.8) is 0 Å². The van der Waals surface area contributed by atoms with E-state index < -0.39 is 0 Å². The Hall–Kier alpha value is -2.44. The van der Waals surface area contributed by atoms with Gasteiger partial charge in [0.25, 0.3) is 0 Å². The fraction of sp³-hybridized carbons (Fsp3) is 0.222. The number of benzene rings is 2. The zero-order valence-electron chi connectivity index (χ0n) is 13.7. The van der Waals surface area contributed by atoms with E-state index in [0.717, 1.165) is 12.1 Å². The molecule has 0 atom stereocenters. The van der Waals surface area contributed by atoms with Gasteiger partial charge < -0.3 is 9.26 Å². The summed E-state index contributed by atoms with van der Waals surface area (Å²) in [5, 5.41) is 4.61. The van der Waals surface area contributed by atoms with Gasteiger partial charge in [0, 0.05) is 11.6 Å². The van der Waals surface area contributed by atoms with Crippen molar-refractivity contribution >= 4 is 11.6 Å². The quantitative estimate of drug-likeness (QED) is 0.635. The standard InChI is InChI=1S/C18H17ClFN3O2/c1-23(10-13-2-4-14(19)5-3-13)11-18-21-17(22-25-18)12-24-16-8-6-15(20)7-9-16/h2-9H,10-12H2,1H3. The molecule has 0 saturated heterocycles. The maximum atomic E-state index is 12.8. The molecule has 0 spiro atoms. The zero-order chi connectivity index (χ0) is 17.6. The molecule has 0 radical (unpaired) electrons. The molecule has 0 amide bonds. The lowest BCUT2D eigenvalue weighted by Crippen LogP contribution is -2.17. The summed E-state index contributed by atoms with van der Waals surface area (Å²) in [5.74, 6) is 1.19. The Morgan fingerprint density at radius 3 is 2.52 bits per heavy atom. The van der Waals surface area contributed by atoms with E-state index in [9.17, 15) is 4.39 Å². The van der Waals surface area contributed by atoms with E-state index in [4.69, 9.17) is 20.9 Å². The summed E-state index contributed by atoms with van der Waals surface area (Å²) in [6.45, 7) is 1.42. The molecule has 0 aliphatic carbocycles. The minimum Gasteiger partial charge on any atom is -0.485 e. The average Bonchev–Trinajstić information content (AvgIpc) is 3.04. The van der Waals surface area contributed by atoms with Crippen LogP contribution in [0.4, 0.5) is 4.39 Å². The molecule has 5 nitrogen and oxygen atoms in total. The van der Waals surface area contributed by atoms with Crippen LogP contribution in [0.15, 0.2) is 53.1 Å². The lowest BCUT2D eigenvalue weighted by atomic mass is 10.2. The third-order valence-electron chi connectivity index (χ3n) is 3.46. The highest BCUT2D eigenvalue weighted by atomic mass is 35.5. The van der Waals surface area contributed by atoms with Crippen LogP contribution >= 0.6 is 11.6 Å². The van der Waals surface area contributed by atoms with Crippen molar-refractivity contribution in [3.8, 4) is 5.75 Å². The molecule has 0 bridgehead atoms. The molecule has 0 fully saturated rings. The van der Waals surface area contributed by atoms with Gasteiger partial charge in [-0.1, -0.05) is 28.9 Å². The minimum atomic E-state index is -0.307. The largest absolute Gasteiger partial charge is 0.485 e. The third-order valence-corrected chi connectivity index (χ3v) is 3.71. The van der Waals surface area contributed by atoms with Crippen LogP contribution in [0.2, 0.25) is 5.02 Å². The van der Waals surface area contributed by atoms with Gasteiger partial charge >= 0.3 is 0 Å². The Bertz CT molecular complexity index is 806. The summed E-state index contributed by atoms with van der Waals surface area (Å²) in [6.07, 6.45) is 0. The Morgan fingerprint density at radius 2 is 1.80 bits per heavy atom. The number of nitrogens with zero attached hydrogens (tertiary/aromatic N) is 3. The first-order valence-electron chi connectivity index (χ1n) is 7.71. The highest BCUT2D eigenvalue weighted by Crippen LogP contribution is 2.14. The second kappa shape index (κ2) is 8.09. The Balaban J connectivity index is 1.50. The first kappa shape index (κ1) is 17.4. The van der Waals surface area contributed by atoms with Crippen molar-refractivity contribution in [3.05, 3.63) is 76.6 Å². The van der Waals surface area contributed by atoms with Gasteiger partial charge in [-0.2, -0.15) is 4.98 Å². The normalized spacial score (nSPS) is 11.0. The first-order valence-corrected chi connectivity index (χ1v) is 8.09. The molecule has 0 saturated carbocycles. The summed E-state index contributed by atoms with van der Waals surface area (Å²) in [6, 6.07) is 13.5. The Labute approximate surface area is 150 Å². The van der Waals surface area contributed by atoms with E-state index in [1.54, 1.807) is 12.1 Å². The number of hydrogen-bond donors (Lipinski definition) is 0. The highest BCUT2D eigenvalue weighted by molar-refractivity contribution is 6.30. The van der Waals surface area contributed by atoms with E-state index in [1.807, 2.05) is 31.3 Å². The fourth-order valence-corrected chi connectivity index (χ4v) is 2.41. The zero-order valence-corrected chi connectivity index (χ0v) is 14.4. The van der Waals surface area contributed by atoms with Crippen LogP contribution in [-0.4, -0.2) is 22.1 Å². The summed E-state index contributed by atoms with van der Waals surface area (Å²) >= 11 is 5.89. The molecule has 3 rings (SSSR count). The summed E-state index contributed by atoms with van der Waals surface area (Å²) in [4.78, 5) is 6.36. The van der Waals surface area contributed by atoms with Crippen LogP contribution in [0.1, 0.15) is 17.3 Å². The van der Waals surface area contributed by atoms with Gasteiger partial charge in [0.05, 0.1) is 6.54 Å². The SMILES string of the molecule is CN(Cc1ccc(Cl)cc1)Cc1nc(COc2ccc(F)cc2)no1. The molecule has 2 aromatic carbocycles. The Kier molecular flexibility index (Phi) is 5.63.